The van der Waals surface area contributed by atoms with Crippen molar-refractivity contribution in [1.29, 1.82) is 0 Å². The van der Waals surface area contributed by atoms with Gasteiger partial charge in [0.1, 0.15) is 11.6 Å². The van der Waals surface area contributed by atoms with Gasteiger partial charge in [0, 0.05) is 44.8 Å². The second-order valence-corrected chi connectivity index (χ2v) is 7.58. The van der Waals surface area contributed by atoms with Crippen LogP contribution in [0.5, 0.6) is 0 Å². The van der Waals surface area contributed by atoms with Crippen LogP contribution in [-0.4, -0.2) is 57.8 Å². The van der Waals surface area contributed by atoms with Gasteiger partial charge < -0.3 is 10.0 Å². The highest BCUT2D eigenvalue weighted by Gasteiger charge is 2.28. The molecule has 0 aliphatic carbocycles. The molecule has 1 aromatic heterocycles. The molecule has 0 amide bonds. The molecule has 5 nitrogen and oxygen atoms in total. The minimum Gasteiger partial charge on any atom is -0.389 e. The Morgan fingerprint density at radius 1 is 1.16 bits per heavy atom. The van der Waals surface area contributed by atoms with E-state index in [1.54, 1.807) is 0 Å². The van der Waals surface area contributed by atoms with Gasteiger partial charge in [0.15, 0.2) is 0 Å². The maximum Gasteiger partial charge on any atom is 0.135 e. The van der Waals surface area contributed by atoms with Crippen molar-refractivity contribution in [3.8, 4) is 0 Å². The van der Waals surface area contributed by atoms with Gasteiger partial charge in [-0.3, -0.25) is 4.90 Å². The normalized spacial score (nSPS) is 19.2. The standard InChI is InChI=1S/C20H28N4O/c1-16-14-23(15-20(2,3)25)11-12-24(16)19-9-10-21-18(22-19)13-17-7-5-4-6-8-17/h4-10,16,25H,11-15H2,1-3H3. The van der Waals surface area contributed by atoms with Crippen LogP contribution in [0.2, 0.25) is 0 Å². The summed E-state index contributed by atoms with van der Waals surface area (Å²) in [6.07, 6.45) is 2.61. The van der Waals surface area contributed by atoms with Crippen molar-refractivity contribution in [2.24, 2.45) is 0 Å². The highest BCUT2D eigenvalue weighted by atomic mass is 16.3. The molecule has 1 N–H and O–H groups in total. The largest absolute Gasteiger partial charge is 0.389 e. The van der Waals surface area contributed by atoms with E-state index in [0.29, 0.717) is 12.6 Å². The zero-order valence-corrected chi connectivity index (χ0v) is 15.4. The third kappa shape index (κ3) is 5.00. The van der Waals surface area contributed by atoms with Gasteiger partial charge in [-0.1, -0.05) is 30.3 Å². The smallest absolute Gasteiger partial charge is 0.135 e. The van der Waals surface area contributed by atoms with Crippen molar-refractivity contribution in [2.75, 3.05) is 31.1 Å². The van der Waals surface area contributed by atoms with E-state index in [-0.39, 0.29) is 0 Å². The molecule has 1 aliphatic rings. The van der Waals surface area contributed by atoms with E-state index in [1.165, 1.54) is 5.56 Å². The van der Waals surface area contributed by atoms with Gasteiger partial charge in [-0.05, 0) is 32.4 Å². The minimum atomic E-state index is -0.653. The van der Waals surface area contributed by atoms with Crippen LogP contribution in [0.25, 0.3) is 0 Å². The lowest BCUT2D eigenvalue weighted by atomic mass is 10.1. The number of rotatable bonds is 5. The Labute approximate surface area is 150 Å². The monoisotopic (exact) mass is 340 g/mol. The van der Waals surface area contributed by atoms with E-state index in [0.717, 1.165) is 37.7 Å². The van der Waals surface area contributed by atoms with Crippen molar-refractivity contribution >= 4 is 5.82 Å². The fourth-order valence-electron chi connectivity index (χ4n) is 3.48. The van der Waals surface area contributed by atoms with Gasteiger partial charge in [0.2, 0.25) is 0 Å². The van der Waals surface area contributed by atoms with Crippen LogP contribution >= 0.6 is 0 Å². The summed E-state index contributed by atoms with van der Waals surface area (Å²) in [5.74, 6) is 1.85. The molecule has 1 unspecified atom stereocenters. The van der Waals surface area contributed by atoms with Crippen molar-refractivity contribution in [2.45, 2.75) is 38.8 Å². The molecule has 0 spiro atoms. The first-order chi connectivity index (χ1) is 11.9. The van der Waals surface area contributed by atoms with Crippen LogP contribution in [0, 0.1) is 0 Å². The van der Waals surface area contributed by atoms with Gasteiger partial charge in [0.05, 0.1) is 5.60 Å². The summed E-state index contributed by atoms with van der Waals surface area (Å²) in [5, 5.41) is 10.0. The lowest BCUT2D eigenvalue weighted by Gasteiger charge is -2.42. The number of hydrogen-bond donors (Lipinski definition) is 1. The predicted octanol–water partition coefficient (Wildman–Crippen LogP) is 2.35. The molecule has 25 heavy (non-hydrogen) atoms. The van der Waals surface area contributed by atoms with Crippen molar-refractivity contribution in [1.82, 2.24) is 14.9 Å². The first-order valence-corrected chi connectivity index (χ1v) is 8.98. The number of aliphatic hydroxyl groups is 1. The van der Waals surface area contributed by atoms with Crippen LogP contribution in [0.3, 0.4) is 0 Å². The maximum absolute atomic E-state index is 10.0. The molecule has 134 valence electrons. The quantitative estimate of drug-likeness (QED) is 0.905. The van der Waals surface area contributed by atoms with Gasteiger partial charge in [-0.2, -0.15) is 0 Å². The summed E-state index contributed by atoms with van der Waals surface area (Å²) < 4.78 is 0. The molecule has 0 bridgehead atoms. The van der Waals surface area contributed by atoms with E-state index in [4.69, 9.17) is 4.98 Å². The predicted molar refractivity (Wildman–Crippen MR) is 101 cm³/mol. The Kier molecular flexibility index (Phi) is 5.35. The molecule has 1 aliphatic heterocycles. The second-order valence-electron chi connectivity index (χ2n) is 7.58. The molecule has 1 atom stereocenters. The topological polar surface area (TPSA) is 52.5 Å². The van der Waals surface area contributed by atoms with Crippen LogP contribution < -0.4 is 4.90 Å². The zero-order valence-electron chi connectivity index (χ0n) is 15.4. The van der Waals surface area contributed by atoms with Crippen LogP contribution in [0.4, 0.5) is 5.82 Å². The van der Waals surface area contributed by atoms with E-state index >= 15 is 0 Å². The van der Waals surface area contributed by atoms with E-state index in [1.807, 2.05) is 44.3 Å². The molecule has 1 aromatic carbocycles. The van der Waals surface area contributed by atoms with Crippen LogP contribution in [0.1, 0.15) is 32.2 Å². The Bertz CT molecular complexity index is 684. The summed E-state index contributed by atoms with van der Waals surface area (Å²) in [5.41, 5.74) is 0.572. The van der Waals surface area contributed by atoms with Gasteiger partial charge in [-0.25, -0.2) is 9.97 Å². The molecule has 2 heterocycles. The van der Waals surface area contributed by atoms with Gasteiger partial charge in [-0.15, -0.1) is 0 Å². The number of hydrogen-bond acceptors (Lipinski definition) is 5. The number of anilines is 1. The van der Waals surface area contributed by atoms with E-state index in [9.17, 15) is 5.11 Å². The van der Waals surface area contributed by atoms with Crippen molar-refractivity contribution < 1.29 is 5.11 Å². The molecular weight excluding hydrogens is 312 g/mol. The highest BCUT2D eigenvalue weighted by Crippen LogP contribution is 2.20. The average Bonchev–Trinajstić information content (AvgIpc) is 2.54. The third-order valence-corrected chi connectivity index (χ3v) is 4.51. The summed E-state index contributed by atoms with van der Waals surface area (Å²) in [7, 11) is 0. The number of benzene rings is 1. The Hall–Kier alpha value is -1.98. The van der Waals surface area contributed by atoms with Gasteiger partial charge >= 0.3 is 0 Å². The lowest BCUT2D eigenvalue weighted by Crippen LogP contribution is -2.55. The SMILES string of the molecule is CC1CN(CC(C)(C)O)CCN1c1ccnc(Cc2ccccc2)n1. The molecular formula is C20H28N4O. The Morgan fingerprint density at radius 3 is 2.60 bits per heavy atom. The highest BCUT2D eigenvalue weighted by molar-refractivity contribution is 5.40. The number of nitrogens with zero attached hydrogens (tertiary/aromatic N) is 4. The van der Waals surface area contributed by atoms with E-state index < -0.39 is 5.60 Å². The molecule has 1 saturated heterocycles. The first kappa shape index (κ1) is 17.8. The number of piperazine rings is 1. The van der Waals surface area contributed by atoms with Crippen molar-refractivity contribution in [3.63, 3.8) is 0 Å². The summed E-state index contributed by atoms with van der Waals surface area (Å²) in [4.78, 5) is 13.9. The van der Waals surface area contributed by atoms with Crippen LogP contribution in [0.15, 0.2) is 42.6 Å². The maximum atomic E-state index is 10.0. The van der Waals surface area contributed by atoms with Crippen molar-refractivity contribution in [3.05, 3.63) is 54.0 Å². The molecule has 5 heteroatoms. The van der Waals surface area contributed by atoms with Crippen LogP contribution in [-0.2, 0) is 6.42 Å². The second kappa shape index (κ2) is 7.50. The van der Waals surface area contributed by atoms with Gasteiger partial charge in [0.25, 0.3) is 0 Å². The molecule has 0 saturated carbocycles. The van der Waals surface area contributed by atoms with E-state index in [2.05, 4.69) is 33.8 Å². The summed E-state index contributed by atoms with van der Waals surface area (Å²) >= 11 is 0. The molecule has 2 aromatic rings. The zero-order chi connectivity index (χ0) is 17.9. The molecule has 0 radical (unpaired) electrons. The molecule has 3 rings (SSSR count). The summed E-state index contributed by atoms with van der Waals surface area (Å²) in [6, 6.07) is 12.7. The Morgan fingerprint density at radius 2 is 1.92 bits per heavy atom. The molecule has 1 fully saturated rings. The Balaban J connectivity index is 1.67. The fraction of sp³-hybridized carbons (Fsp3) is 0.500. The first-order valence-electron chi connectivity index (χ1n) is 8.98. The number of β-amino-alcohol motifs (C(OH)–C–C–N with tert-alkyl or cyclic N) is 1. The minimum absolute atomic E-state index is 0.357. The average molecular weight is 340 g/mol. The fourth-order valence-corrected chi connectivity index (χ4v) is 3.48. The number of aromatic nitrogens is 2. The lowest BCUT2D eigenvalue weighted by molar-refractivity contribution is 0.0307. The summed E-state index contributed by atoms with van der Waals surface area (Å²) in [6.45, 7) is 9.44. The third-order valence-electron chi connectivity index (χ3n) is 4.51.